The molecular formula is C15H21FO. The zero-order valence-electron chi connectivity index (χ0n) is 11.3. The summed E-state index contributed by atoms with van der Waals surface area (Å²) in [5, 5.41) is 0. The summed E-state index contributed by atoms with van der Waals surface area (Å²) in [5.41, 5.74) is 1.15. The second-order valence-corrected chi connectivity index (χ2v) is 5.86. The largest absolute Gasteiger partial charge is 0.294 e. The van der Waals surface area contributed by atoms with Crippen molar-refractivity contribution in [2.75, 3.05) is 0 Å². The number of halogens is 1. The van der Waals surface area contributed by atoms with Gasteiger partial charge in [0, 0.05) is 12.0 Å². The van der Waals surface area contributed by atoms with E-state index in [0.29, 0.717) is 17.5 Å². The molecule has 0 aliphatic heterocycles. The SMILES string of the molecule is Cc1ccc(C(=O)CC(C)C(C)(C)C)cc1F. The molecule has 0 heterocycles. The van der Waals surface area contributed by atoms with Gasteiger partial charge in [-0.25, -0.2) is 4.39 Å². The summed E-state index contributed by atoms with van der Waals surface area (Å²) < 4.78 is 13.4. The Hall–Kier alpha value is -1.18. The Morgan fingerprint density at radius 2 is 1.94 bits per heavy atom. The van der Waals surface area contributed by atoms with Crippen LogP contribution in [-0.4, -0.2) is 5.78 Å². The van der Waals surface area contributed by atoms with Crippen molar-refractivity contribution in [3.8, 4) is 0 Å². The van der Waals surface area contributed by atoms with Crippen LogP contribution < -0.4 is 0 Å². The highest BCUT2D eigenvalue weighted by Crippen LogP contribution is 2.29. The highest BCUT2D eigenvalue weighted by Gasteiger charge is 2.23. The molecule has 1 rings (SSSR count). The molecular weight excluding hydrogens is 215 g/mol. The van der Waals surface area contributed by atoms with Gasteiger partial charge < -0.3 is 0 Å². The molecule has 0 aromatic heterocycles. The van der Waals surface area contributed by atoms with E-state index >= 15 is 0 Å². The van der Waals surface area contributed by atoms with Crippen molar-refractivity contribution in [3.05, 3.63) is 35.1 Å². The van der Waals surface area contributed by atoms with Crippen molar-refractivity contribution in [2.24, 2.45) is 11.3 Å². The molecule has 0 aliphatic rings. The summed E-state index contributed by atoms with van der Waals surface area (Å²) in [5.74, 6) is -0.00930. The number of rotatable bonds is 3. The van der Waals surface area contributed by atoms with Crippen molar-refractivity contribution in [3.63, 3.8) is 0 Å². The van der Waals surface area contributed by atoms with E-state index in [1.54, 1.807) is 19.1 Å². The Balaban J connectivity index is 2.80. The number of carbonyl (C=O) groups excluding carboxylic acids is 1. The summed E-state index contributed by atoms with van der Waals surface area (Å²) >= 11 is 0. The first-order valence-electron chi connectivity index (χ1n) is 6.01. The van der Waals surface area contributed by atoms with Gasteiger partial charge in [-0.1, -0.05) is 39.8 Å². The molecule has 0 N–H and O–H groups in total. The van der Waals surface area contributed by atoms with Crippen LogP contribution in [0.25, 0.3) is 0 Å². The minimum absolute atomic E-state index is 0.0197. The molecule has 17 heavy (non-hydrogen) atoms. The van der Waals surface area contributed by atoms with E-state index in [1.165, 1.54) is 6.07 Å². The summed E-state index contributed by atoms with van der Waals surface area (Å²) in [6, 6.07) is 4.70. The van der Waals surface area contributed by atoms with E-state index in [1.807, 2.05) is 0 Å². The predicted octanol–water partition coefficient (Wildman–Crippen LogP) is 4.39. The summed E-state index contributed by atoms with van der Waals surface area (Å²) in [6.45, 7) is 10.1. The minimum Gasteiger partial charge on any atom is -0.294 e. The number of hydrogen-bond acceptors (Lipinski definition) is 1. The Morgan fingerprint density at radius 3 is 2.41 bits per heavy atom. The van der Waals surface area contributed by atoms with E-state index in [0.717, 1.165) is 0 Å². The van der Waals surface area contributed by atoms with E-state index in [-0.39, 0.29) is 22.9 Å². The van der Waals surface area contributed by atoms with Gasteiger partial charge >= 0.3 is 0 Å². The first-order chi connectivity index (χ1) is 7.71. The molecule has 0 fully saturated rings. The first-order valence-corrected chi connectivity index (χ1v) is 6.01. The highest BCUT2D eigenvalue weighted by atomic mass is 19.1. The van der Waals surface area contributed by atoms with Crippen LogP contribution in [0.15, 0.2) is 18.2 Å². The monoisotopic (exact) mass is 236 g/mol. The Bertz CT molecular complexity index is 415. The van der Waals surface area contributed by atoms with Crippen LogP contribution in [0.5, 0.6) is 0 Å². The smallest absolute Gasteiger partial charge is 0.163 e. The molecule has 0 radical (unpaired) electrons. The molecule has 2 heteroatoms. The van der Waals surface area contributed by atoms with Crippen LogP contribution in [0, 0.1) is 24.1 Å². The van der Waals surface area contributed by atoms with E-state index < -0.39 is 0 Å². The van der Waals surface area contributed by atoms with Crippen LogP contribution in [-0.2, 0) is 0 Å². The Labute approximate surface area is 103 Å². The summed E-state index contributed by atoms with van der Waals surface area (Å²) in [7, 11) is 0. The van der Waals surface area contributed by atoms with Gasteiger partial charge in [0.15, 0.2) is 5.78 Å². The van der Waals surface area contributed by atoms with Gasteiger partial charge in [-0.05, 0) is 29.9 Å². The lowest BCUT2D eigenvalue weighted by atomic mass is 9.78. The predicted molar refractivity (Wildman–Crippen MR) is 68.7 cm³/mol. The molecule has 0 amide bonds. The van der Waals surface area contributed by atoms with E-state index in [4.69, 9.17) is 0 Å². The molecule has 1 aromatic rings. The number of hydrogen-bond donors (Lipinski definition) is 0. The zero-order chi connectivity index (χ0) is 13.2. The number of ketones is 1. The number of aryl methyl sites for hydroxylation is 1. The Morgan fingerprint density at radius 1 is 1.35 bits per heavy atom. The molecule has 0 aliphatic carbocycles. The van der Waals surface area contributed by atoms with Gasteiger partial charge in [0.2, 0.25) is 0 Å². The number of Topliss-reactive ketones (excluding diaryl/α,β-unsaturated/α-hetero) is 1. The third kappa shape index (κ3) is 3.65. The molecule has 1 unspecified atom stereocenters. The number of benzene rings is 1. The molecule has 1 atom stereocenters. The normalized spacial score (nSPS) is 13.5. The first kappa shape index (κ1) is 13.9. The van der Waals surface area contributed by atoms with Crippen molar-refractivity contribution in [1.29, 1.82) is 0 Å². The van der Waals surface area contributed by atoms with E-state index in [2.05, 4.69) is 27.7 Å². The second-order valence-electron chi connectivity index (χ2n) is 5.86. The average Bonchev–Trinajstić information content (AvgIpc) is 2.20. The lowest BCUT2D eigenvalue weighted by molar-refractivity contribution is 0.0927. The molecule has 0 saturated carbocycles. The molecule has 94 valence electrons. The van der Waals surface area contributed by atoms with Gasteiger partial charge in [0.05, 0.1) is 0 Å². The van der Waals surface area contributed by atoms with Gasteiger partial charge in [-0.3, -0.25) is 4.79 Å². The highest BCUT2D eigenvalue weighted by molar-refractivity contribution is 5.96. The lowest BCUT2D eigenvalue weighted by Crippen LogP contribution is -2.20. The van der Waals surface area contributed by atoms with Gasteiger partial charge in [-0.2, -0.15) is 0 Å². The topological polar surface area (TPSA) is 17.1 Å². The molecule has 0 bridgehead atoms. The fourth-order valence-electron chi connectivity index (χ4n) is 1.47. The third-order valence-electron chi connectivity index (χ3n) is 3.46. The average molecular weight is 236 g/mol. The molecule has 1 nitrogen and oxygen atoms in total. The van der Waals surface area contributed by atoms with E-state index in [9.17, 15) is 9.18 Å². The fraction of sp³-hybridized carbons (Fsp3) is 0.533. The number of carbonyl (C=O) groups is 1. The van der Waals surface area contributed by atoms with Crippen molar-refractivity contribution < 1.29 is 9.18 Å². The zero-order valence-corrected chi connectivity index (χ0v) is 11.3. The van der Waals surface area contributed by atoms with Gasteiger partial charge in [0.1, 0.15) is 5.82 Å². The maximum atomic E-state index is 13.4. The van der Waals surface area contributed by atoms with Crippen molar-refractivity contribution in [1.82, 2.24) is 0 Å². The molecule has 1 aromatic carbocycles. The lowest BCUT2D eigenvalue weighted by Gasteiger charge is -2.26. The van der Waals surface area contributed by atoms with Gasteiger partial charge in [0.25, 0.3) is 0 Å². The van der Waals surface area contributed by atoms with Crippen LogP contribution in [0.4, 0.5) is 4.39 Å². The van der Waals surface area contributed by atoms with Crippen LogP contribution in [0.3, 0.4) is 0 Å². The quantitative estimate of drug-likeness (QED) is 0.711. The summed E-state index contributed by atoms with van der Waals surface area (Å²) in [6.07, 6.45) is 0.464. The Kier molecular flexibility index (Phi) is 4.07. The van der Waals surface area contributed by atoms with Crippen LogP contribution in [0.1, 0.15) is 50.0 Å². The van der Waals surface area contributed by atoms with Crippen LogP contribution >= 0.6 is 0 Å². The van der Waals surface area contributed by atoms with Gasteiger partial charge in [-0.15, -0.1) is 0 Å². The maximum absolute atomic E-state index is 13.4. The summed E-state index contributed by atoms with van der Waals surface area (Å²) in [4.78, 5) is 12.0. The molecule has 0 spiro atoms. The molecule has 0 saturated heterocycles. The standard InChI is InChI=1S/C15H21FO/c1-10-6-7-12(9-13(10)16)14(17)8-11(2)15(3,4)5/h6-7,9,11H,8H2,1-5H3. The van der Waals surface area contributed by atoms with Crippen LogP contribution in [0.2, 0.25) is 0 Å². The minimum atomic E-state index is -0.306. The van der Waals surface area contributed by atoms with Crippen molar-refractivity contribution in [2.45, 2.75) is 41.0 Å². The maximum Gasteiger partial charge on any atom is 0.163 e. The van der Waals surface area contributed by atoms with Crippen molar-refractivity contribution >= 4 is 5.78 Å². The second kappa shape index (κ2) is 4.99. The fourth-order valence-corrected chi connectivity index (χ4v) is 1.47. The third-order valence-corrected chi connectivity index (χ3v) is 3.46.